The first-order valence-corrected chi connectivity index (χ1v) is 5.85. The van der Waals surface area contributed by atoms with Crippen LogP contribution in [0.1, 0.15) is 46.5 Å². The Morgan fingerprint density at radius 3 is 2.14 bits per heavy atom. The normalized spacial score (nSPS) is 22.2. The Balaban J connectivity index is 2.78. The third-order valence-electron chi connectivity index (χ3n) is 3.80. The predicted molar refractivity (Wildman–Crippen MR) is 58.9 cm³/mol. The highest BCUT2D eigenvalue weighted by atomic mass is 15.2. The Hall–Kier alpha value is -0.550. The summed E-state index contributed by atoms with van der Waals surface area (Å²) in [5.41, 5.74) is -0.222. The fourth-order valence-electron chi connectivity index (χ4n) is 2.79. The SMILES string of the molecule is CCN(CC)C(C)(C#N)C1CCCC1. The van der Waals surface area contributed by atoms with Gasteiger partial charge in [-0.1, -0.05) is 26.7 Å². The minimum absolute atomic E-state index is 0.222. The molecule has 80 valence electrons. The first kappa shape index (κ1) is 11.5. The van der Waals surface area contributed by atoms with E-state index < -0.39 is 0 Å². The summed E-state index contributed by atoms with van der Waals surface area (Å²) < 4.78 is 0. The molecule has 1 aliphatic carbocycles. The molecule has 0 saturated heterocycles. The molecule has 0 amide bonds. The molecule has 1 aliphatic rings. The van der Waals surface area contributed by atoms with Crippen LogP contribution in [0.2, 0.25) is 0 Å². The van der Waals surface area contributed by atoms with Gasteiger partial charge in [-0.05, 0) is 38.8 Å². The predicted octanol–water partition coefficient (Wildman–Crippen LogP) is 2.80. The molecule has 0 aliphatic heterocycles. The molecule has 0 bridgehead atoms. The van der Waals surface area contributed by atoms with E-state index in [1.807, 2.05) is 0 Å². The summed E-state index contributed by atoms with van der Waals surface area (Å²) in [4.78, 5) is 2.31. The largest absolute Gasteiger partial charge is 0.286 e. The fraction of sp³-hybridized carbons (Fsp3) is 0.917. The zero-order valence-electron chi connectivity index (χ0n) is 9.71. The molecule has 14 heavy (non-hydrogen) atoms. The average molecular weight is 194 g/mol. The number of hydrogen-bond donors (Lipinski definition) is 0. The molecule has 0 spiro atoms. The van der Waals surface area contributed by atoms with E-state index in [0.717, 1.165) is 13.1 Å². The zero-order valence-corrected chi connectivity index (χ0v) is 9.71. The lowest BCUT2D eigenvalue weighted by Crippen LogP contribution is -2.49. The molecule has 0 aromatic heterocycles. The third kappa shape index (κ3) is 1.93. The molecule has 2 heteroatoms. The maximum absolute atomic E-state index is 9.39. The first-order valence-electron chi connectivity index (χ1n) is 5.85. The van der Waals surface area contributed by atoms with E-state index in [9.17, 15) is 5.26 Å². The van der Waals surface area contributed by atoms with Crippen LogP contribution in [0.4, 0.5) is 0 Å². The number of hydrogen-bond acceptors (Lipinski definition) is 2. The second-order valence-electron chi connectivity index (χ2n) is 4.41. The summed E-state index contributed by atoms with van der Waals surface area (Å²) >= 11 is 0. The van der Waals surface area contributed by atoms with Crippen LogP contribution in [0.25, 0.3) is 0 Å². The van der Waals surface area contributed by atoms with Crippen molar-refractivity contribution in [2.24, 2.45) is 5.92 Å². The van der Waals surface area contributed by atoms with Crippen molar-refractivity contribution in [2.75, 3.05) is 13.1 Å². The molecule has 0 radical (unpaired) electrons. The van der Waals surface area contributed by atoms with Crippen molar-refractivity contribution in [3.8, 4) is 6.07 Å². The van der Waals surface area contributed by atoms with E-state index in [1.165, 1.54) is 25.7 Å². The lowest BCUT2D eigenvalue weighted by Gasteiger charge is -2.39. The number of nitrogens with zero attached hydrogens (tertiary/aromatic N) is 2. The molecule has 2 nitrogen and oxygen atoms in total. The molecule has 1 rings (SSSR count). The minimum Gasteiger partial charge on any atom is -0.286 e. The van der Waals surface area contributed by atoms with Gasteiger partial charge in [-0.25, -0.2) is 0 Å². The third-order valence-corrected chi connectivity index (χ3v) is 3.80. The van der Waals surface area contributed by atoms with Gasteiger partial charge in [0.1, 0.15) is 5.54 Å². The molecule has 0 heterocycles. The summed E-state index contributed by atoms with van der Waals surface area (Å²) in [6.45, 7) is 8.38. The monoisotopic (exact) mass is 194 g/mol. The van der Waals surface area contributed by atoms with Crippen LogP contribution in [0.3, 0.4) is 0 Å². The van der Waals surface area contributed by atoms with Crippen molar-refractivity contribution < 1.29 is 0 Å². The zero-order chi connectivity index (χ0) is 10.6. The molecule has 1 atom stereocenters. The van der Waals surface area contributed by atoms with Gasteiger partial charge in [0.05, 0.1) is 6.07 Å². The Morgan fingerprint density at radius 1 is 1.29 bits per heavy atom. The number of nitriles is 1. The van der Waals surface area contributed by atoms with Crippen LogP contribution >= 0.6 is 0 Å². The van der Waals surface area contributed by atoms with Crippen molar-refractivity contribution in [1.29, 1.82) is 5.26 Å². The summed E-state index contributed by atoms with van der Waals surface area (Å²) in [6.07, 6.45) is 5.09. The van der Waals surface area contributed by atoms with Gasteiger partial charge in [-0.3, -0.25) is 4.90 Å². The maximum atomic E-state index is 9.39. The van der Waals surface area contributed by atoms with E-state index in [0.29, 0.717) is 5.92 Å². The van der Waals surface area contributed by atoms with E-state index in [4.69, 9.17) is 0 Å². The topological polar surface area (TPSA) is 27.0 Å². The van der Waals surface area contributed by atoms with E-state index in [-0.39, 0.29) is 5.54 Å². The Kier molecular flexibility index (Phi) is 3.95. The molecular weight excluding hydrogens is 172 g/mol. The summed E-state index contributed by atoms with van der Waals surface area (Å²) in [5.74, 6) is 0.590. The smallest absolute Gasteiger partial charge is 0.109 e. The summed E-state index contributed by atoms with van der Waals surface area (Å²) in [7, 11) is 0. The Morgan fingerprint density at radius 2 is 1.79 bits per heavy atom. The van der Waals surface area contributed by atoms with Crippen LogP contribution in [-0.2, 0) is 0 Å². The van der Waals surface area contributed by atoms with Crippen molar-refractivity contribution in [1.82, 2.24) is 4.90 Å². The lowest BCUT2D eigenvalue weighted by molar-refractivity contribution is 0.109. The minimum atomic E-state index is -0.222. The van der Waals surface area contributed by atoms with Crippen LogP contribution in [0.5, 0.6) is 0 Å². The van der Waals surface area contributed by atoms with Gasteiger partial charge < -0.3 is 0 Å². The van der Waals surface area contributed by atoms with Crippen molar-refractivity contribution >= 4 is 0 Å². The van der Waals surface area contributed by atoms with E-state index >= 15 is 0 Å². The molecular formula is C12H22N2. The quantitative estimate of drug-likeness (QED) is 0.688. The van der Waals surface area contributed by atoms with Crippen molar-refractivity contribution in [3.05, 3.63) is 0 Å². The highest BCUT2D eigenvalue weighted by Gasteiger charge is 2.39. The molecule has 1 saturated carbocycles. The second-order valence-corrected chi connectivity index (χ2v) is 4.41. The second kappa shape index (κ2) is 4.79. The molecule has 0 aromatic rings. The standard InChI is InChI=1S/C12H22N2/c1-4-14(5-2)12(3,10-13)11-8-6-7-9-11/h11H,4-9H2,1-3H3. The van der Waals surface area contributed by atoms with Gasteiger partial charge in [-0.15, -0.1) is 0 Å². The molecule has 1 unspecified atom stereocenters. The van der Waals surface area contributed by atoms with Crippen LogP contribution < -0.4 is 0 Å². The van der Waals surface area contributed by atoms with Gasteiger partial charge >= 0.3 is 0 Å². The van der Waals surface area contributed by atoms with Gasteiger partial charge in [0.15, 0.2) is 0 Å². The fourth-order valence-corrected chi connectivity index (χ4v) is 2.79. The van der Waals surface area contributed by atoms with Crippen molar-refractivity contribution in [2.45, 2.75) is 52.0 Å². The van der Waals surface area contributed by atoms with Gasteiger partial charge in [0, 0.05) is 0 Å². The summed E-state index contributed by atoms with van der Waals surface area (Å²) in [6, 6.07) is 2.55. The van der Waals surface area contributed by atoms with Crippen molar-refractivity contribution in [3.63, 3.8) is 0 Å². The lowest BCUT2D eigenvalue weighted by atomic mass is 9.84. The highest BCUT2D eigenvalue weighted by molar-refractivity contribution is 5.09. The van der Waals surface area contributed by atoms with Crippen LogP contribution in [-0.4, -0.2) is 23.5 Å². The van der Waals surface area contributed by atoms with Gasteiger partial charge in [-0.2, -0.15) is 5.26 Å². The molecule has 0 N–H and O–H groups in total. The van der Waals surface area contributed by atoms with Crippen LogP contribution in [0, 0.1) is 17.2 Å². The maximum Gasteiger partial charge on any atom is 0.109 e. The number of rotatable bonds is 4. The summed E-state index contributed by atoms with van der Waals surface area (Å²) in [5, 5.41) is 9.39. The molecule has 1 fully saturated rings. The molecule has 0 aromatic carbocycles. The average Bonchev–Trinajstić information content (AvgIpc) is 2.72. The first-order chi connectivity index (χ1) is 6.69. The van der Waals surface area contributed by atoms with Gasteiger partial charge in [0.25, 0.3) is 0 Å². The van der Waals surface area contributed by atoms with Gasteiger partial charge in [0.2, 0.25) is 0 Å². The Labute approximate surface area is 87.9 Å². The van der Waals surface area contributed by atoms with E-state index in [1.54, 1.807) is 0 Å². The van der Waals surface area contributed by atoms with E-state index in [2.05, 4.69) is 31.7 Å². The Bertz CT molecular complexity index is 205. The van der Waals surface area contributed by atoms with Crippen LogP contribution in [0.15, 0.2) is 0 Å². The highest BCUT2D eigenvalue weighted by Crippen LogP contribution is 2.37.